The molecule has 1 amide bonds. The quantitative estimate of drug-likeness (QED) is 0.0323. The van der Waals surface area contributed by atoms with Crippen LogP contribution in [0.15, 0.2) is 24.3 Å². The normalized spacial score (nSPS) is 12.8. The number of carbonyl (C=O) groups is 2. The van der Waals surface area contributed by atoms with E-state index in [-0.39, 0.29) is 18.5 Å². The van der Waals surface area contributed by atoms with Gasteiger partial charge in [-0.3, -0.25) is 9.59 Å². The van der Waals surface area contributed by atoms with Crippen molar-refractivity contribution in [3.05, 3.63) is 24.3 Å². The summed E-state index contributed by atoms with van der Waals surface area (Å²) in [6.07, 6.45) is 56.0. The number of aliphatic hydroxyl groups is 2. The Morgan fingerprint density at radius 3 is 1.28 bits per heavy atom. The van der Waals surface area contributed by atoms with Crippen LogP contribution in [-0.4, -0.2) is 47.4 Å². The molecule has 0 rings (SSSR count). The van der Waals surface area contributed by atoms with Gasteiger partial charge in [0.05, 0.1) is 25.4 Å². The van der Waals surface area contributed by atoms with Gasteiger partial charge in [-0.15, -0.1) is 0 Å². The van der Waals surface area contributed by atoms with Gasteiger partial charge in [0, 0.05) is 12.8 Å². The molecule has 0 spiro atoms. The van der Waals surface area contributed by atoms with Gasteiger partial charge in [0.1, 0.15) is 0 Å². The number of unbranched alkanes of at least 4 members (excludes halogenated alkanes) is 34. The van der Waals surface area contributed by atoms with Crippen LogP contribution in [0.3, 0.4) is 0 Å². The first-order valence-electron chi connectivity index (χ1n) is 25.6. The average molecular weight is 818 g/mol. The van der Waals surface area contributed by atoms with E-state index in [0.29, 0.717) is 19.4 Å². The Hall–Kier alpha value is -1.66. The van der Waals surface area contributed by atoms with Crippen LogP contribution >= 0.6 is 0 Å². The fraction of sp³-hybridized carbons (Fsp3) is 0.885. The molecule has 58 heavy (non-hydrogen) atoms. The van der Waals surface area contributed by atoms with Crippen LogP contribution in [0.2, 0.25) is 0 Å². The van der Waals surface area contributed by atoms with E-state index < -0.39 is 12.1 Å². The van der Waals surface area contributed by atoms with Crippen LogP contribution in [0.5, 0.6) is 0 Å². The molecule has 0 aromatic heterocycles. The molecule has 0 aromatic carbocycles. The number of hydrogen-bond donors (Lipinski definition) is 3. The second-order valence-corrected chi connectivity index (χ2v) is 17.5. The van der Waals surface area contributed by atoms with Crippen molar-refractivity contribution in [1.29, 1.82) is 0 Å². The third-order valence-electron chi connectivity index (χ3n) is 11.7. The number of ether oxygens (including phenoxy) is 1. The molecule has 0 saturated carbocycles. The maximum Gasteiger partial charge on any atom is 0.305 e. The molecule has 3 N–H and O–H groups in total. The summed E-state index contributed by atoms with van der Waals surface area (Å²) in [7, 11) is 0. The number of aliphatic hydroxyl groups excluding tert-OH is 2. The topological polar surface area (TPSA) is 95.9 Å². The van der Waals surface area contributed by atoms with E-state index in [2.05, 4.69) is 31.3 Å². The maximum absolute atomic E-state index is 12.4. The third kappa shape index (κ3) is 43.9. The lowest BCUT2D eigenvalue weighted by molar-refractivity contribution is -0.143. The minimum Gasteiger partial charge on any atom is -0.466 e. The molecule has 6 nitrogen and oxygen atoms in total. The number of esters is 1. The second kappa shape index (κ2) is 48.0. The van der Waals surface area contributed by atoms with Gasteiger partial charge < -0.3 is 20.3 Å². The van der Waals surface area contributed by atoms with Crippen LogP contribution in [0.1, 0.15) is 271 Å². The zero-order valence-electron chi connectivity index (χ0n) is 38.8. The summed E-state index contributed by atoms with van der Waals surface area (Å²) in [5.41, 5.74) is 0. The molecule has 2 atom stereocenters. The SMILES string of the molecule is CCCC/C=C\CCCCCCCC(=O)OCCCCCCCCCCCCCCCC(=O)NC(CO)C(O)/C=C/CCCCCCCCCCCCCCCCC. The van der Waals surface area contributed by atoms with Gasteiger partial charge in [-0.1, -0.05) is 231 Å². The lowest BCUT2D eigenvalue weighted by Gasteiger charge is -2.20. The smallest absolute Gasteiger partial charge is 0.305 e. The van der Waals surface area contributed by atoms with Crippen LogP contribution < -0.4 is 5.32 Å². The van der Waals surface area contributed by atoms with Crippen molar-refractivity contribution in [2.24, 2.45) is 0 Å². The lowest BCUT2D eigenvalue weighted by atomic mass is 10.0. The van der Waals surface area contributed by atoms with Gasteiger partial charge in [-0.2, -0.15) is 0 Å². The summed E-state index contributed by atoms with van der Waals surface area (Å²) >= 11 is 0. The van der Waals surface area contributed by atoms with E-state index in [1.165, 1.54) is 186 Å². The van der Waals surface area contributed by atoms with Gasteiger partial charge in [0.15, 0.2) is 0 Å². The molecule has 0 fully saturated rings. The molecular weight excluding hydrogens is 719 g/mol. The van der Waals surface area contributed by atoms with Crippen molar-refractivity contribution in [3.8, 4) is 0 Å². The van der Waals surface area contributed by atoms with Gasteiger partial charge in [0.25, 0.3) is 0 Å². The zero-order chi connectivity index (χ0) is 42.3. The zero-order valence-corrected chi connectivity index (χ0v) is 38.8. The first-order valence-corrected chi connectivity index (χ1v) is 25.6. The summed E-state index contributed by atoms with van der Waals surface area (Å²) in [5.74, 6) is -0.0985. The van der Waals surface area contributed by atoms with Crippen LogP contribution in [-0.2, 0) is 14.3 Å². The number of hydrogen-bond acceptors (Lipinski definition) is 5. The van der Waals surface area contributed by atoms with E-state index >= 15 is 0 Å². The molecule has 0 radical (unpaired) electrons. The molecule has 6 heteroatoms. The third-order valence-corrected chi connectivity index (χ3v) is 11.7. The minimum absolute atomic E-state index is 0.0181. The van der Waals surface area contributed by atoms with E-state index in [9.17, 15) is 19.8 Å². The fourth-order valence-corrected chi connectivity index (χ4v) is 7.73. The number of amides is 1. The van der Waals surface area contributed by atoms with Gasteiger partial charge >= 0.3 is 5.97 Å². The van der Waals surface area contributed by atoms with Gasteiger partial charge in [-0.05, 0) is 51.4 Å². The molecule has 0 bridgehead atoms. The molecule has 342 valence electrons. The van der Waals surface area contributed by atoms with Gasteiger partial charge in [0.2, 0.25) is 5.91 Å². The molecule has 2 unspecified atom stereocenters. The fourth-order valence-electron chi connectivity index (χ4n) is 7.73. The first-order chi connectivity index (χ1) is 28.5. The summed E-state index contributed by atoms with van der Waals surface area (Å²) < 4.78 is 5.44. The van der Waals surface area contributed by atoms with Crippen molar-refractivity contribution in [2.45, 2.75) is 283 Å². The standard InChI is InChI=1S/C52H99NO5/c1-3-5-7-9-11-13-15-16-17-18-19-21-25-28-32-36-40-44-50(55)49(48-54)53-51(56)45-41-37-33-29-26-22-20-23-27-31-35-39-43-47-58-52(57)46-42-38-34-30-24-14-12-10-8-6-4-2/h10,12,40,44,49-50,54-55H,3-9,11,13-39,41-43,45-48H2,1-2H3,(H,53,56)/b12-10-,44-40+. The highest BCUT2D eigenvalue weighted by Crippen LogP contribution is 2.16. The highest BCUT2D eigenvalue weighted by atomic mass is 16.5. The Kier molecular flexibility index (Phi) is 46.6. The molecule has 0 aliphatic heterocycles. The molecule has 0 aromatic rings. The number of allylic oxidation sites excluding steroid dienone is 3. The Balaban J connectivity index is 3.51. The maximum atomic E-state index is 12.4. The number of rotatable bonds is 47. The van der Waals surface area contributed by atoms with Crippen LogP contribution in [0.25, 0.3) is 0 Å². The van der Waals surface area contributed by atoms with Crippen molar-refractivity contribution in [2.75, 3.05) is 13.2 Å². The monoisotopic (exact) mass is 818 g/mol. The predicted molar refractivity (Wildman–Crippen MR) is 250 cm³/mol. The summed E-state index contributed by atoms with van der Waals surface area (Å²) in [6.45, 7) is 4.84. The summed E-state index contributed by atoms with van der Waals surface area (Å²) in [5, 5.41) is 23.1. The highest BCUT2D eigenvalue weighted by Gasteiger charge is 2.18. The minimum atomic E-state index is -0.853. The molecule has 0 saturated heterocycles. The summed E-state index contributed by atoms with van der Waals surface area (Å²) in [4.78, 5) is 24.4. The first kappa shape index (κ1) is 56.3. The van der Waals surface area contributed by atoms with E-state index in [1.54, 1.807) is 6.08 Å². The predicted octanol–water partition coefficient (Wildman–Crippen LogP) is 15.1. The van der Waals surface area contributed by atoms with Crippen molar-refractivity contribution < 1.29 is 24.5 Å². The Morgan fingerprint density at radius 2 is 0.828 bits per heavy atom. The van der Waals surface area contributed by atoms with Crippen molar-refractivity contribution in [3.63, 3.8) is 0 Å². The van der Waals surface area contributed by atoms with E-state index in [1.807, 2.05) is 6.08 Å². The largest absolute Gasteiger partial charge is 0.466 e. The molecule has 0 heterocycles. The number of carbonyl (C=O) groups excluding carboxylic acids is 2. The number of nitrogens with one attached hydrogen (secondary N) is 1. The Labute approximate surface area is 361 Å². The van der Waals surface area contributed by atoms with Crippen molar-refractivity contribution in [1.82, 2.24) is 5.32 Å². The molecule has 0 aliphatic carbocycles. The van der Waals surface area contributed by atoms with E-state index in [4.69, 9.17) is 4.74 Å². The lowest BCUT2D eigenvalue weighted by Crippen LogP contribution is -2.45. The Morgan fingerprint density at radius 1 is 0.466 bits per heavy atom. The second-order valence-electron chi connectivity index (χ2n) is 17.5. The molecule has 0 aliphatic rings. The van der Waals surface area contributed by atoms with Crippen LogP contribution in [0, 0.1) is 0 Å². The average Bonchev–Trinajstić information content (AvgIpc) is 3.22. The van der Waals surface area contributed by atoms with E-state index in [0.717, 1.165) is 57.8 Å². The Bertz CT molecular complexity index is 904. The van der Waals surface area contributed by atoms with Crippen molar-refractivity contribution >= 4 is 11.9 Å². The molecular formula is C52H99NO5. The van der Waals surface area contributed by atoms with Gasteiger partial charge in [-0.25, -0.2) is 0 Å². The highest BCUT2D eigenvalue weighted by molar-refractivity contribution is 5.76. The van der Waals surface area contributed by atoms with Crippen LogP contribution in [0.4, 0.5) is 0 Å². The summed E-state index contributed by atoms with van der Waals surface area (Å²) in [6, 6.07) is -0.637.